The largest absolute Gasteiger partial charge is 0.497 e. The van der Waals surface area contributed by atoms with Crippen molar-refractivity contribution < 1.29 is 19.0 Å². The van der Waals surface area contributed by atoms with Gasteiger partial charge in [-0.3, -0.25) is 4.79 Å². The zero-order chi connectivity index (χ0) is 22.1. The van der Waals surface area contributed by atoms with Crippen LogP contribution in [0.1, 0.15) is 18.1 Å². The minimum Gasteiger partial charge on any atom is -0.497 e. The molecule has 0 aliphatic rings. The fraction of sp³-hybridized carbons (Fsp3) is 0.167. The van der Waals surface area contributed by atoms with Crippen LogP contribution < -0.4 is 19.6 Å². The first-order valence-electron chi connectivity index (χ1n) is 9.65. The summed E-state index contributed by atoms with van der Waals surface area (Å²) in [5.41, 5.74) is 4.20. The SMILES string of the molecule is COc1cccc(COc2ccccc2/C=N\NC(=O)C(C)Oc2ccc(Cl)cc2)c1. The second kappa shape index (κ2) is 11.0. The Balaban J connectivity index is 1.56. The Morgan fingerprint density at radius 2 is 1.84 bits per heavy atom. The summed E-state index contributed by atoms with van der Waals surface area (Å²) in [5, 5.41) is 4.63. The molecule has 6 nitrogen and oxygen atoms in total. The van der Waals surface area contributed by atoms with E-state index >= 15 is 0 Å². The molecule has 3 aromatic carbocycles. The Morgan fingerprint density at radius 3 is 2.61 bits per heavy atom. The van der Waals surface area contributed by atoms with Crippen molar-refractivity contribution in [3.8, 4) is 17.2 Å². The quantitative estimate of drug-likeness (QED) is 0.383. The van der Waals surface area contributed by atoms with Gasteiger partial charge < -0.3 is 14.2 Å². The Morgan fingerprint density at radius 1 is 1.06 bits per heavy atom. The molecule has 0 fully saturated rings. The summed E-state index contributed by atoms with van der Waals surface area (Å²) in [4.78, 5) is 12.2. The predicted octanol–water partition coefficient (Wildman–Crippen LogP) is 4.85. The molecule has 7 heteroatoms. The van der Waals surface area contributed by atoms with E-state index < -0.39 is 6.10 Å². The molecule has 0 aromatic heterocycles. The smallest absolute Gasteiger partial charge is 0.280 e. The standard InChI is InChI=1S/C24H23ClN2O4/c1-17(31-21-12-10-20(25)11-13-21)24(28)27-26-15-19-7-3-4-9-23(19)30-16-18-6-5-8-22(14-18)29-2/h3-15,17H,16H2,1-2H3,(H,27,28)/b26-15-. The summed E-state index contributed by atoms with van der Waals surface area (Å²) in [6, 6.07) is 21.9. The lowest BCUT2D eigenvalue weighted by molar-refractivity contribution is -0.127. The first-order chi connectivity index (χ1) is 15.0. The molecule has 31 heavy (non-hydrogen) atoms. The van der Waals surface area contributed by atoms with Crippen LogP contribution >= 0.6 is 11.6 Å². The second-order valence-corrected chi connectivity index (χ2v) is 7.06. The van der Waals surface area contributed by atoms with Crippen LogP contribution in [0.2, 0.25) is 5.02 Å². The first kappa shape index (κ1) is 22.2. The molecule has 0 saturated carbocycles. The van der Waals surface area contributed by atoms with Crippen molar-refractivity contribution in [2.75, 3.05) is 7.11 Å². The third kappa shape index (κ3) is 6.76. The van der Waals surface area contributed by atoms with E-state index in [1.807, 2.05) is 48.5 Å². The summed E-state index contributed by atoms with van der Waals surface area (Å²) in [6.07, 6.45) is 0.811. The highest BCUT2D eigenvalue weighted by molar-refractivity contribution is 6.30. The molecule has 3 aromatic rings. The third-order valence-corrected chi connectivity index (χ3v) is 4.57. The maximum atomic E-state index is 12.2. The van der Waals surface area contributed by atoms with Gasteiger partial charge in [0.05, 0.1) is 13.3 Å². The topological polar surface area (TPSA) is 69.2 Å². The average molecular weight is 439 g/mol. The lowest BCUT2D eigenvalue weighted by atomic mass is 10.2. The molecule has 1 unspecified atom stereocenters. The van der Waals surface area contributed by atoms with Crippen molar-refractivity contribution in [2.45, 2.75) is 19.6 Å². The Bertz CT molecular complexity index is 1040. The molecule has 160 valence electrons. The number of benzene rings is 3. The number of nitrogens with one attached hydrogen (secondary N) is 1. The van der Waals surface area contributed by atoms with Crippen LogP contribution in [0.5, 0.6) is 17.2 Å². The number of amides is 1. The van der Waals surface area contributed by atoms with E-state index in [1.54, 1.807) is 38.3 Å². The number of carbonyl (C=O) groups excluding carboxylic acids is 1. The molecule has 0 aliphatic heterocycles. The minimum atomic E-state index is -0.724. The fourth-order valence-electron chi connectivity index (χ4n) is 2.67. The number of ether oxygens (including phenoxy) is 3. The highest BCUT2D eigenvalue weighted by atomic mass is 35.5. The number of hydrazone groups is 1. The van der Waals surface area contributed by atoms with Crippen LogP contribution in [0, 0.1) is 0 Å². The van der Waals surface area contributed by atoms with Crippen LogP contribution in [0.4, 0.5) is 0 Å². The van der Waals surface area contributed by atoms with Gasteiger partial charge in [-0.2, -0.15) is 5.10 Å². The summed E-state index contributed by atoms with van der Waals surface area (Å²) >= 11 is 5.85. The van der Waals surface area contributed by atoms with Crippen molar-refractivity contribution in [2.24, 2.45) is 5.10 Å². The summed E-state index contributed by atoms with van der Waals surface area (Å²) in [7, 11) is 1.63. The monoisotopic (exact) mass is 438 g/mol. The summed E-state index contributed by atoms with van der Waals surface area (Å²) in [5.74, 6) is 1.59. The fourth-order valence-corrected chi connectivity index (χ4v) is 2.80. The van der Waals surface area contributed by atoms with E-state index in [2.05, 4.69) is 10.5 Å². The van der Waals surface area contributed by atoms with E-state index in [1.165, 1.54) is 6.21 Å². The number of rotatable bonds is 9. The van der Waals surface area contributed by atoms with Gasteiger partial charge in [0.15, 0.2) is 6.10 Å². The van der Waals surface area contributed by atoms with Gasteiger partial charge in [0, 0.05) is 10.6 Å². The number of hydrogen-bond donors (Lipinski definition) is 1. The Hall–Kier alpha value is -3.51. The van der Waals surface area contributed by atoms with Gasteiger partial charge in [-0.05, 0) is 61.0 Å². The highest BCUT2D eigenvalue weighted by Gasteiger charge is 2.14. The zero-order valence-corrected chi connectivity index (χ0v) is 18.0. The van der Waals surface area contributed by atoms with E-state index in [0.717, 1.165) is 16.9 Å². The van der Waals surface area contributed by atoms with Crippen LogP contribution in [0.15, 0.2) is 77.9 Å². The van der Waals surface area contributed by atoms with Gasteiger partial charge in [0.1, 0.15) is 23.9 Å². The molecule has 0 heterocycles. The third-order valence-electron chi connectivity index (χ3n) is 4.32. The summed E-state index contributed by atoms with van der Waals surface area (Å²) in [6.45, 7) is 2.02. The molecule has 0 bridgehead atoms. The van der Waals surface area contributed by atoms with Gasteiger partial charge in [-0.1, -0.05) is 35.9 Å². The average Bonchev–Trinajstić information content (AvgIpc) is 2.80. The van der Waals surface area contributed by atoms with Crippen molar-refractivity contribution in [1.82, 2.24) is 5.43 Å². The van der Waals surface area contributed by atoms with Crippen molar-refractivity contribution in [3.63, 3.8) is 0 Å². The Kier molecular flexibility index (Phi) is 7.90. The van der Waals surface area contributed by atoms with Crippen LogP contribution in [-0.4, -0.2) is 25.3 Å². The molecule has 0 aliphatic carbocycles. The maximum Gasteiger partial charge on any atom is 0.280 e. The van der Waals surface area contributed by atoms with Crippen molar-refractivity contribution in [3.05, 3.63) is 88.9 Å². The number of methoxy groups -OCH3 is 1. The van der Waals surface area contributed by atoms with E-state index in [0.29, 0.717) is 23.1 Å². The second-order valence-electron chi connectivity index (χ2n) is 6.63. The number of para-hydroxylation sites is 1. The first-order valence-corrected chi connectivity index (χ1v) is 10.0. The van der Waals surface area contributed by atoms with Gasteiger partial charge in [-0.15, -0.1) is 0 Å². The predicted molar refractivity (Wildman–Crippen MR) is 121 cm³/mol. The number of nitrogens with zero attached hydrogens (tertiary/aromatic N) is 1. The van der Waals surface area contributed by atoms with Crippen molar-refractivity contribution in [1.29, 1.82) is 0 Å². The van der Waals surface area contributed by atoms with Gasteiger partial charge in [0.2, 0.25) is 0 Å². The molecular weight excluding hydrogens is 416 g/mol. The van der Waals surface area contributed by atoms with E-state index in [4.69, 9.17) is 25.8 Å². The molecular formula is C24H23ClN2O4. The number of halogens is 1. The molecule has 1 amide bonds. The molecule has 0 saturated heterocycles. The van der Waals surface area contributed by atoms with E-state index in [9.17, 15) is 4.79 Å². The zero-order valence-electron chi connectivity index (χ0n) is 17.2. The van der Waals surface area contributed by atoms with Crippen molar-refractivity contribution >= 4 is 23.7 Å². The molecule has 0 spiro atoms. The molecule has 0 radical (unpaired) electrons. The van der Waals surface area contributed by atoms with Crippen LogP contribution in [-0.2, 0) is 11.4 Å². The molecule has 3 rings (SSSR count). The van der Waals surface area contributed by atoms with Crippen LogP contribution in [0.3, 0.4) is 0 Å². The molecule has 1 N–H and O–H groups in total. The maximum absolute atomic E-state index is 12.2. The minimum absolute atomic E-state index is 0.374. The number of carbonyl (C=O) groups is 1. The van der Waals surface area contributed by atoms with Crippen LogP contribution in [0.25, 0.3) is 0 Å². The Labute approximate surface area is 186 Å². The van der Waals surface area contributed by atoms with Gasteiger partial charge in [-0.25, -0.2) is 5.43 Å². The lowest BCUT2D eigenvalue weighted by Crippen LogP contribution is -2.33. The number of hydrogen-bond acceptors (Lipinski definition) is 5. The molecule has 1 atom stereocenters. The van der Waals surface area contributed by atoms with E-state index in [-0.39, 0.29) is 5.91 Å². The lowest BCUT2D eigenvalue weighted by Gasteiger charge is -2.13. The summed E-state index contributed by atoms with van der Waals surface area (Å²) < 4.78 is 16.7. The van der Waals surface area contributed by atoms with Gasteiger partial charge in [0.25, 0.3) is 5.91 Å². The highest BCUT2D eigenvalue weighted by Crippen LogP contribution is 2.20. The normalized spacial score (nSPS) is 11.7. The van der Waals surface area contributed by atoms with Gasteiger partial charge >= 0.3 is 0 Å².